The van der Waals surface area contributed by atoms with Crippen molar-refractivity contribution in [3.63, 3.8) is 0 Å². The van der Waals surface area contributed by atoms with Crippen molar-refractivity contribution < 1.29 is 11.0 Å². The molecule has 0 fully saturated rings. The Balaban J connectivity index is 0. The molecular formula is C7H13NO2. The van der Waals surface area contributed by atoms with E-state index in [-0.39, 0.29) is 1.43 Å². The van der Waals surface area contributed by atoms with Gasteiger partial charge in [0.05, 0.1) is 7.11 Å². The van der Waals surface area contributed by atoms with E-state index in [9.17, 15) is 4.79 Å². The minimum atomic E-state index is -0.402. The maximum absolute atomic E-state index is 10.7. The highest BCUT2D eigenvalue weighted by Crippen LogP contribution is 1.84. The van der Waals surface area contributed by atoms with Crippen molar-refractivity contribution in [1.29, 1.82) is 0 Å². The molecule has 0 aromatic carbocycles. The summed E-state index contributed by atoms with van der Waals surface area (Å²) < 4.78 is 4.43. The first-order valence-corrected chi connectivity index (χ1v) is 2.94. The molecule has 0 unspecified atom stereocenters. The number of nitrogens with zero attached hydrogens (tertiary/aromatic N) is 1. The number of hydrogen-bond acceptors (Lipinski definition) is 3. The summed E-state index contributed by atoms with van der Waals surface area (Å²) in [7, 11) is 2.88. The molecule has 10 heavy (non-hydrogen) atoms. The summed E-state index contributed by atoms with van der Waals surface area (Å²) in [5.41, 5.74) is 0.338. The lowest BCUT2D eigenvalue weighted by Gasteiger charge is -1.94. The van der Waals surface area contributed by atoms with Gasteiger partial charge in [0.2, 0.25) is 0 Å². The van der Waals surface area contributed by atoms with Crippen molar-refractivity contribution in [3.8, 4) is 0 Å². The van der Waals surface area contributed by atoms with Gasteiger partial charge in [0.15, 0.2) is 0 Å². The predicted molar refractivity (Wildman–Crippen MR) is 42.3 cm³/mol. The van der Waals surface area contributed by atoms with E-state index in [4.69, 9.17) is 0 Å². The fourth-order valence-corrected chi connectivity index (χ4v) is 0.496. The zero-order valence-corrected chi connectivity index (χ0v) is 6.42. The SMILES string of the molecule is C/C=C\C(=NC)C(=O)OC.[HH]. The molecule has 0 amide bonds. The maximum atomic E-state index is 10.7. The third-order valence-electron chi connectivity index (χ3n) is 0.960. The smallest absolute Gasteiger partial charge is 0.356 e. The fourth-order valence-electron chi connectivity index (χ4n) is 0.496. The van der Waals surface area contributed by atoms with E-state index in [1.807, 2.05) is 6.92 Å². The highest BCUT2D eigenvalue weighted by Gasteiger charge is 2.04. The second-order valence-electron chi connectivity index (χ2n) is 1.60. The average molecular weight is 143 g/mol. The van der Waals surface area contributed by atoms with Crippen LogP contribution in [0.15, 0.2) is 17.1 Å². The zero-order chi connectivity index (χ0) is 7.98. The molecule has 0 aliphatic carbocycles. The Hall–Kier alpha value is -1.12. The average Bonchev–Trinajstić information content (AvgIpc) is 1.99. The topological polar surface area (TPSA) is 38.7 Å². The van der Waals surface area contributed by atoms with Gasteiger partial charge in [-0.05, 0) is 13.0 Å². The van der Waals surface area contributed by atoms with Gasteiger partial charge in [-0.25, -0.2) is 4.79 Å². The number of rotatable bonds is 2. The maximum Gasteiger partial charge on any atom is 0.356 e. The van der Waals surface area contributed by atoms with Crippen LogP contribution in [0.25, 0.3) is 0 Å². The Kier molecular flexibility index (Phi) is 4.20. The van der Waals surface area contributed by atoms with E-state index < -0.39 is 5.97 Å². The van der Waals surface area contributed by atoms with Crippen molar-refractivity contribution in [3.05, 3.63) is 12.2 Å². The van der Waals surface area contributed by atoms with Gasteiger partial charge in [-0.3, -0.25) is 4.99 Å². The Morgan fingerprint density at radius 3 is 2.60 bits per heavy atom. The molecule has 0 spiro atoms. The Morgan fingerprint density at radius 1 is 1.70 bits per heavy atom. The summed E-state index contributed by atoms with van der Waals surface area (Å²) in [5.74, 6) is -0.402. The number of carbonyl (C=O) groups is 1. The van der Waals surface area contributed by atoms with Crippen molar-refractivity contribution >= 4 is 11.7 Å². The largest absolute Gasteiger partial charge is 0.464 e. The minimum Gasteiger partial charge on any atom is -0.464 e. The number of hydrogen-bond donors (Lipinski definition) is 0. The van der Waals surface area contributed by atoms with Crippen molar-refractivity contribution in [2.24, 2.45) is 4.99 Å². The third kappa shape index (κ3) is 2.44. The molecule has 3 nitrogen and oxygen atoms in total. The van der Waals surface area contributed by atoms with Crippen LogP contribution < -0.4 is 0 Å². The molecule has 0 bridgehead atoms. The van der Waals surface area contributed by atoms with E-state index in [0.29, 0.717) is 5.71 Å². The fraction of sp³-hybridized carbons (Fsp3) is 0.429. The molecule has 0 saturated carbocycles. The van der Waals surface area contributed by atoms with Crippen LogP contribution in [0.4, 0.5) is 0 Å². The third-order valence-corrected chi connectivity index (χ3v) is 0.960. The molecule has 0 aliphatic heterocycles. The van der Waals surface area contributed by atoms with Gasteiger partial charge in [-0.1, -0.05) is 6.08 Å². The van der Waals surface area contributed by atoms with E-state index in [1.165, 1.54) is 7.11 Å². The van der Waals surface area contributed by atoms with Crippen LogP contribution in [0.3, 0.4) is 0 Å². The second kappa shape index (κ2) is 4.73. The molecule has 0 rings (SSSR count). The van der Waals surface area contributed by atoms with Crippen LogP contribution in [-0.2, 0) is 9.53 Å². The Labute approximate surface area is 61.9 Å². The van der Waals surface area contributed by atoms with E-state index in [0.717, 1.165) is 0 Å². The summed E-state index contributed by atoms with van der Waals surface area (Å²) in [6.07, 6.45) is 3.34. The van der Waals surface area contributed by atoms with Gasteiger partial charge in [0, 0.05) is 8.47 Å². The molecular weight excluding hydrogens is 130 g/mol. The highest BCUT2D eigenvalue weighted by molar-refractivity contribution is 6.41. The molecule has 58 valence electrons. The van der Waals surface area contributed by atoms with Crippen LogP contribution in [0.2, 0.25) is 0 Å². The lowest BCUT2D eigenvalue weighted by atomic mass is 10.3. The summed E-state index contributed by atoms with van der Waals surface area (Å²) >= 11 is 0. The number of allylic oxidation sites excluding steroid dienone is 1. The molecule has 0 radical (unpaired) electrons. The van der Waals surface area contributed by atoms with Gasteiger partial charge in [0.25, 0.3) is 0 Å². The van der Waals surface area contributed by atoms with Crippen LogP contribution in [0.5, 0.6) is 0 Å². The lowest BCUT2D eigenvalue weighted by molar-refractivity contribution is -0.132. The number of esters is 1. The van der Waals surface area contributed by atoms with Crippen LogP contribution in [-0.4, -0.2) is 25.8 Å². The first-order valence-electron chi connectivity index (χ1n) is 2.94. The van der Waals surface area contributed by atoms with Gasteiger partial charge >= 0.3 is 5.97 Å². The second-order valence-corrected chi connectivity index (χ2v) is 1.60. The molecule has 0 aromatic rings. The Bertz CT molecular complexity index is 175. The molecule has 0 aromatic heterocycles. The number of methoxy groups -OCH3 is 1. The number of carbonyl (C=O) groups excluding carboxylic acids is 1. The van der Waals surface area contributed by atoms with Crippen molar-refractivity contribution in [2.75, 3.05) is 14.2 Å². The lowest BCUT2D eigenvalue weighted by Crippen LogP contribution is -2.12. The van der Waals surface area contributed by atoms with Crippen LogP contribution in [0, 0.1) is 0 Å². The van der Waals surface area contributed by atoms with E-state index in [2.05, 4.69) is 9.73 Å². The first kappa shape index (κ1) is 8.88. The quantitative estimate of drug-likeness (QED) is 0.428. The molecule has 0 heterocycles. The summed E-state index contributed by atoms with van der Waals surface area (Å²) in [4.78, 5) is 14.4. The predicted octanol–water partition coefficient (Wildman–Crippen LogP) is 1.05. The van der Waals surface area contributed by atoms with Crippen LogP contribution in [0.1, 0.15) is 8.35 Å². The standard InChI is InChI=1S/C7H11NO2.H2/c1-4-5-6(8-2)7(9)10-3;/h4-5H,1-3H3;1H/b5-4-,8-6?;. The van der Waals surface area contributed by atoms with Gasteiger partial charge in [-0.15, -0.1) is 0 Å². The number of aliphatic imine (C=N–C) groups is 1. The van der Waals surface area contributed by atoms with Gasteiger partial charge in [-0.2, -0.15) is 0 Å². The van der Waals surface area contributed by atoms with Crippen LogP contribution >= 0.6 is 0 Å². The molecule has 0 N–H and O–H groups in total. The molecule has 0 atom stereocenters. The molecule has 0 aliphatic rings. The molecule has 3 heteroatoms. The van der Waals surface area contributed by atoms with E-state index in [1.54, 1.807) is 19.2 Å². The Morgan fingerprint density at radius 2 is 2.30 bits per heavy atom. The minimum absolute atomic E-state index is 0. The zero-order valence-electron chi connectivity index (χ0n) is 6.42. The van der Waals surface area contributed by atoms with E-state index >= 15 is 0 Å². The molecule has 0 saturated heterocycles. The normalized spacial score (nSPS) is 12.1. The monoisotopic (exact) mass is 143 g/mol. The highest BCUT2D eigenvalue weighted by atomic mass is 16.5. The first-order chi connectivity index (χ1) is 4.76. The van der Waals surface area contributed by atoms with Crippen molar-refractivity contribution in [2.45, 2.75) is 6.92 Å². The summed E-state index contributed by atoms with van der Waals surface area (Å²) in [6.45, 7) is 1.81. The summed E-state index contributed by atoms with van der Waals surface area (Å²) in [5, 5.41) is 0. The number of ether oxygens (including phenoxy) is 1. The summed E-state index contributed by atoms with van der Waals surface area (Å²) in [6, 6.07) is 0. The van der Waals surface area contributed by atoms with Gasteiger partial charge < -0.3 is 4.74 Å². The van der Waals surface area contributed by atoms with Gasteiger partial charge in [0.1, 0.15) is 5.71 Å². The van der Waals surface area contributed by atoms with Crippen molar-refractivity contribution in [1.82, 2.24) is 0 Å².